The Kier molecular flexibility index (Phi) is 3.99. The molecule has 0 unspecified atom stereocenters. The smallest absolute Gasteiger partial charge is 0.274 e. The Labute approximate surface area is 114 Å². The van der Waals surface area contributed by atoms with E-state index in [0.717, 1.165) is 0 Å². The SMILES string of the molecule is NCc1cc(Oc2cccc(Cl)c2)ccc1[N+](=O)[O-]. The fourth-order valence-corrected chi connectivity index (χ4v) is 1.81. The van der Waals surface area contributed by atoms with E-state index >= 15 is 0 Å². The Morgan fingerprint density at radius 2 is 1.95 bits per heavy atom. The molecule has 0 amide bonds. The fourth-order valence-electron chi connectivity index (χ4n) is 1.63. The second-order valence-corrected chi connectivity index (χ2v) is 4.25. The van der Waals surface area contributed by atoms with E-state index in [-0.39, 0.29) is 12.2 Å². The summed E-state index contributed by atoms with van der Waals surface area (Å²) in [5.74, 6) is 1.04. The van der Waals surface area contributed by atoms with Crippen LogP contribution in [-0.4, -0.2) is 4.92 Å². The van der Waals surface area contributed by atoms with Crippen molar-refractivity contribution in [2.75, 3.05) is 0 Å². The molecule has 0 bridgehead atoms. The van der Waals surface area contributed by atoms with E-state index in [2.05, 4.69) is 0 Å². The highest BCUT2D eigenvalue weighted by Crippen LogP contribution is 2.28. The molecule has 0 saturated carbocycles. The molecule has 5 nitrogen and oxygen atoms in total. The van der Waals surface area contributed by atoms with Crippen LogP contribution >= 0.6 is 11.6 Å². The first-order valence-electron chi connectivity index (χ1n) is 5.51. The Bertz CT molecular complexity index is 617. The fraction of sp³-hybridized carbons (Fsp3) is 0.0769. The number of hydrogen-bond acceptors (Lipinski definition) is 4. The summed E-state index contributed by atoms with van der Waals surface area (Å²) in [4.78, 5) is 10.3. The maximum Gasteiger partial charge on any atom is 0.274 e. The number of nitro groups is 1. The summed E-state index contributed by atoms with van der Waals surface area (Å²) in [5.41, 5.74) is 5.90. The molecule has 0 atom stereocenters. The van der Waals surface area contributed by atoms with Crippen molar-refractivity contribution in [1.29, 1.82) is 0 Å². The van der Waals surface area contributed by atoms with Crippen LogP contribution < -0.4 is 10.5 Å². The molecule has 0 aliphatic heterocycles. The van der Waals surface area contributed by atoms with Crippen LogP contribution in [-0.2, 0) is 6.54 Å². The van der Waals surface area contributed by atoms with Crippen molar-refractivity contribution in [1.82, 2.24) is 0 Å². The van der Waals surface area contributed by atoms with Gasteiger partial charge in [-0.25, -0.2) is 0 Å². The molecule has 2 rings (SSSR count). The molecule has 0 heterocycles. The van der Waals surface area contributed by atoms with Gasteiger partial charge < -0.3 is 10.5 Å². The highest BCUT2D eigenvalue weighted by atomic mass is 35.5. The van der Waals surface area contributed by atoms with Gasteiger partial charge in [-0.2, -0.15) is 0 Å². The van der Waals surface area contributed by atoms with E-state index in [1.165, 1.54) is 12.1 Å². The highest BCUT2D eigenvalue weighted by molar-refractivity contribution is 6.30. The maximum atomic E-state index is 10.8. The van der Waals surface area contributed by atoms with Gasteiger partial charge in [-0.05, 0) is 30.3 Å². The van der Waals surface area contributed by atoms with Crippen LogP contribution in [0.4, 0.5) is 5.69 Å². The summed E-state index contributed by atoms with van der Waals surface area (Å²) in [5, 5.41) is 11.3. The summed E-state index contributed by atoms with van der Waals surface area (Å²) in [6.45, 7) is 0.0725. The predicted octanol–water partition coefficient (Wildman–Crippen LogP) is 3.50. The topological polar surface area (TPSA) is 78.4 Å². The van der Waals surface area contributed by atoms with Gasteiger partial charge in [0.15, 0.2) is 0 Å². The van der Waals surface area contributed by atoms with Crippen LogP contribution in [0.1, 0.15) is 5.56 Å². The van der Waals surface area contributed by atoms with Gasteiger partial charge >= 0.3 is 0 Å². The Hall–Kier alpha value is -2.11. The van der Waals surface area contributed by atoms with Gasteiger partial charge in [0.1, 0.15) is 11.5 Å². The Morgan fingerprint density at radius 1 is 1.21 bits per heavy atom. The lowest BCUT2D eigenvalue weighted by Crippen LogP contribution is -2.02. The van der Waals surface area contributed by atoms with E-state index in [9.17, 15) is 10.1 Å². The summed E-state index contributed by atoms with van der Waals surface area (Å²) >= 11 is 5.85. The minimum absolute atomic E-state index is 0.0130. The van der Waals surface area contributed by atoms with Gasteiger partial charge in [0, 0.05) is 23.2 Å². The summed E-state index contributed by atoms with van der Waals surface area (Å²) < 4.78 is 5.57. The van der Waals surface area contributed by atoms with E-state index in [1.54, 1.807) is 30.3 Å². The van der Waals surface area contributed by atoms with Crippen molar-refractivity contribution in [3.8, 4) is 11.5 Å². The van der Waals surface area contributed by atoms with Crippen molar-refractivity contribution >= 4 is 17.3 Å². The average molecular weight is 279 g/mol. The Balaban J connectivity index is 2.29. The van der Waals surface area contributed by atoms with E-state index in [4.69, 9.17) is 22.1 Å². The Morgan fingerprint density at radius 3 is 2.58 bits per heavy atom. The molecular weight excluding hydrogens is 268 g/mol. The number of rotatable bonds is 4. The molecule has 0 aliphatic carbocycles. The molecule has 0 saturated heterocycles. The first kappa shape index (κ1) is 13.3. The second-order valence-electron chi connectivity index (χ2n) is 3.81. The van der Waals surface area contributed by atoms with Crippen LogP contribution in [0.5, 0.6) is 11.5 Å². The largest absolute Gasteiger partial charge is 0.457 e. The quantitative estimate of drug-likeness (QED) is 0.686. The normalized spacial score (nSPS) is 10.2. The molecule has 0 fully saturated rings. The van der Waals surface area contributed by atoms with Crippen LogP contribution in [0.2, 0.25) is 5.02 Å². The summed E-state index contributed by atoms with van der Waals surface area (Å²) in [7, 11) is 0. The van der Waals surface area contributed by atoms with E-state index in [1.807, 2.05) is 0 Å². The standard InChI is InChI=1S/C13H11ClN2O3/c14-10-2-1-3-11(7-10)19-12-4-5-13(16(17)18)9(6-12)8-15/h1-7H,8,15H2. The van der Waals surface area contributed by atoms with Crippen LogP contribution in [0, 0.1) is 10.1 Å². The zero-order valence-electron chi connectivity index (χ0n) is 9.88. The number of benzene rings is 2. The predicted molar refractivity (Wildman–Crippen MR) is 72.5 cm³/mol. The monoisotopic (exact) mass is 278 g/mol. The number of nitrogens with zero attached hydrogens (tertiary/aromatic N) is 1. The van der Waals surface area contributed by atoms with Crippen LogP contribution in [0.15, 0.2) is 42.5 Å². The molecule has 0 aliphatic rings. The zero-order chi connectivity index (χ0) is 13.8. The lowest BCUT2D eigenvalue weighted by atomic mass is 10.1. The van der Waals surface area contributed by atoms with Gasteiger partial charge in [-0.3, -0.25) is 10.1 Å². The van der Waals surface area contributed by atoms with Gasteiger partial charge in [-0.1, -0.05) is 17.7 Å². The van der Waals surface area contributed by atoms with E-state index < -0.39 is 4.92 Å². The number of nitrogens with two attached hydrogens (primary N) is 1. The lowest BCUT2D eigenvalue weighted by Gasteiger charge is -2.07. The minimum Gasteiger partial charge on any atom is -0.457 e. The molecule has 0 spiro atoms. The molecule has 2 N–H and O–H groups in total. The van der Waals surface area contributed by atoms with Gasteiger partial charge in [0.25, 0.3) is 5.69 Å². The van der Waals surface area contributed by atoms with Crippen LogP contribution in [0.3, 0.4) is 0 Å². The molecule has 6 heteroatoms. The number of ether oxygens (including phenoxy) is 1. The van der Waals surface area contributed by atoms with Crippen molar-refractivity contribution in [2.24, 2.45) is 5.73 Å². The van der Waals surface area contributed by atoms with E-state index in [0.29, 0.717) is 22.1 Å². The first-order valence-corrected chi connectivity index (χ1v) is 5.89. The molecule has 2 aromatic rings. The molecule has 2 aromatic carbocycles. The van der Waals surface area contributed by atoms with Crippen molar-refractivity contribution < 1.29 is 9.66 Å². The third kappa shape index (κ3) is 3.21. The third-order valence-corrected chi connectivity index (χ3v) is 2.73. The molecular formula is C13H11ClN2O3. The van der Waals surface area contributed by atoms with Crippen molar-refractivity contribution in [3.63, 3.8) is 0 Å². The molecule has 0 aromatic heterocycles. The van der Waals surface area contributed by atoms with Gasteiger partial charge in [0.2, 0.25) is 0 Å². The number of halogens is 1. The average Bonchev–Trinajstić information content (AvgIpc) is 2.38. The van der Waals surface area contributed by atoms with Crippen molar-refractivity contribution in [3.05, 3.63) is 63.2 Å². The number of hydrogen-bond donors (Lipinski definition) is 1. The zero-order valence-corrected chi connectivity index (χ0v) is 10.6. The van der Waals surface area contributed by atoms with Gasteiger partial charge in [0.05, 0.1) is 4.92 Å². The number of nitro benzene ring substituents is 1. The van der Waals surface area contributed by atoms with Gasteiger partial charge in [-0.15, -0.1) is 0 Å². The van der Waals surface area contributed by atoms with Crippen LogP contribution in [0.25, 0.3) is 0 Å². The third-order valence-electron chi connectivity index (χ3n) is 2.50. The maximum absolute atomic E-state index is 10.8. The highest BCUT2D eigenvalue weighted by Gasteiger charge is 2.13. The molecule has 0 radical (unpaired) electrons. The first-order chi connectivity index (χ1) is 9.10. The lowest BCUT2D eigenvalue weighted by molar-refractivity contribution is -0.385. The summed E-state index contributed by atoms with van der Waals surface area (Å²) in [6, 6.07) is 11.3. The summed E-state index contributed by atoms with van der Waals surface area (Å²) in [6.07, 6.45) is 0. The second kappa shape index (κ2) is 5.69. The minimum atomic E-state index is -0.467. The molecule has 19 heavy (non-hydrogen) atoms. The molecule has 98 valence electrons. The van der Waals surface area contributed by atoms with Crippen molar-refractivity contribution in [2.45, 2.75) is 6.54 Å².